The Labute approximate surface area is 128 Å². The molecule has 112 valence electrons. The minimum atomic E-state index is -0.302. The summed E-state index contributed by atoms with van der Waals surface area (Å²) in [6.45, 7) is 2.08. The van der Waals surface area contributed by atoms with Crippen LogP contribution in [0.1, 0.15) is 31.2 Å². The quantitative estimate of drug-likeness (QED) is 0.927. The molecule has 1 saturated carbocycles. The number of aromatic nitrogens is 2. The number of benzene rings is 1. The fraction of sp³-hybridized carbons (Fsp3) is 0.500. The Morgan fingerprint density at radius 3 is 2.67 bits per heavy atom. The maximum atomic E-state index is 10.1. The summed E-state index contributed by atoms with van der Waals surface area (Å²) in [6, 6.07) is 8.40. The summed E-state index contributed by atoms with van der Waals surface area (Å²) in [5, 5.41) is 15.6. The summed E-state index contributed by atoms with van der Waals surface area (Å²) in [5.41, 5.74) is 2.36. The van der Waals surface area contributed by atoms with Crippen LogP contribution in [0, 0.1) is 6.92 Å². The van der Waals surface area contributed by atoms with E-state index in [1.165, 1.54) is 5.56 Å². The van der Waals surface area contributed by atoms with Gasteiger partial charge in [0.1, 0.15) is 5.01 Å². The molecule has 1 heterocycles. The first kappa shape index (κ1) is 14.5. The van der Waals surface area contributed by atoms with Crippen molar-refractivity contribution in [3.05, 3.63) is 34.6 Å². The zero-order chi connectivity index (χ0) is 14.8. The molecule has 21 heavy (non-hydrogen) atoms. The zero-order valence-electron chi connectivity index (χ0n) is 12.5. The molecule has 0 saturated heterocycles. The first-order valence-corrected chi connectivity index (χ1v) is 8.28. The Morgan fingerprint density at radius 2 is 1.95 bits per heavy atom. The molecule has 1 aliphatic rings. The molecule has 2 atom stereocenters. The number of rotatable bonds is 2. The lowest BCUT2D eigenvalue weighted by atomic mass is 9.93. The highest BCUT2D eigenvalue weighted by molar-refractivity contribution is 7.12. The van der Waals surface area contributed by atoms with Crippen molar-refractivity contribution in [2.75, 3.05) is 0 Å². The molecule has 1 fully saturated rings. The van der Waals surface area contributed by atoms with Crippen LogP contribution in [0.3, 0.4) is 0 Å². The Kier molecular flexibility index (Phi) is 4.22. The van der Waals surface area contributed by atoms with Crippen LogP contribution in [-0.2, 0) is 7.05 Å². The van der Waals surface area contributed by atoms with Crippen LogP contribution in [0.25, 0.3) is 10.6 Å². The molecule has 4 nitrogen and oxygen atoms in total. The van der Waals surface area contributed by atoms with Gasteiger partial charge in [-0.1, -0.05) is 54.0 Å². The van der Waals surface area contributed by atoms with E-state index in [1.807, 2.05) is 11.7 Å². The van der Waals surface area contributed by atoms with E-state index < -0.39 is 0 Å². The van der Waals surface area contributed by atoms with E-state index in [9.17, 15) is 5.11 Å². The molecular weight excluding hydrogens is 282 g/mol. The lowest BCUT2D eigenvalue weighted by molar-refractivity contribution is 0.107. The predicted molar refractivity (Wildman–Crippen MR) is 85.1 cm³/mol. The van der Waals surface area contributed by atoms with Crippen LogP contribution in [0.5, 0.6) is 0 Å². The van der Waals surface area contributed by atoms with Crippen molar-refractivity contribution in [2.45, 2.75) is 44.8 Å². The smallest absolute Gasteiger partial charge is 0.203 e. The van der Waals surface area contributed by atoms with E-state index in [-0.39, 0.29) is 12.1 Å². The predicted octanol–water partition coefficient (Wildman–Crippen LogP) is 2.66. The Hall–Kier alpha value is -1.46. The Balaban J connectivity index is 1.92. The highest BCUT2D eigenvalue weighted by Crippen LogP contribution is 2.22. The van der Waals surface area contributed by atoms with Gasteiger partial charge in [-0.05, 0) is 19.8 Å². The molecule has 0 aliphatic heterocycles. The molecule has 3 rings (SSSR count). The van der Waals surface area contributed by atoms with Crippen molar-refractivity contribution in [3.63, 3.8) is 0 Å². The van der Waals surface area contributed by atoms with Crippen LogP contribution in [0.4, 0.5) is 0 Å². The maximum Gasteiger partial charge on any atom is 0.203 e. The fourth-order valence-corrected chi connectivity index (χ4v) is 3.61. The molecule has 5 heteroatoms. The third-order valence-corrected chi connectivity index (χ3v) is 5.04. The second kappa shape index (κ2) is 6.12. The lowest BCUT2D eigenvalue weighted by Crippen LogP contribution is -2.30. The number of aryl methyl sites for hydroxylation is 2. The first-order chi connectivity index (χ1) is 10.1. The third-order valence-electron chi connectivity index (χ3n) is 3.97. The van der Waals surface area contributed by atoms with E-state index >= 15 is 0 Å². The van der Waals surface area contributed by atoms with Gasteiger partial charge in [-0.3, -0.25) is 4.99 Å². The monoisotopic (exact) mass is 303 g/mol. The number of hydrogen-bond donors (Lipinski definition) is 1. The largest absolute Gasteiger partial charge is 0.391 e. The van der Waals surface area contributed by atoms with E-state index in [0.29, 0.717) is 0 Å². The molecule has 0 bridgehead atoms. The van der Waals surface area contributed by atoms with Gasteiger partial charge in [0.2, 0.25) is 4.80 Å². The molecule has 1 aromatic heterocycles. The van der Waals surface area contributed by atoms with Gasteiger partial charge >= 0.3 is 0 Å². The summed E-state index contributed by atoms with van der Waals surface area (Å²) >= 11 is 1.59. The van der Waals surface area contributed by atoms with E-state index in [1.54, 1.807) is 11.3 Å². The van der Waals surface area contributed by atoms with Gasteiger partial charge in [-0.15, -0.1) is 0 Å². The normalized spacial score (nSPS) is 23.5. The number of nitrogens with zero attached hydrogens (tertiary/aromatic N) is 3. The minimum absolute atomic E-state index is 0.0243. The first-order valence-electron chi connectivity index (χ1n) is 7.46. The second-order valence-corrected chi connectivity index (χ2v) is 6.68. The second-order valence-electron chi connectivity index (χ2n) is 5.73. The van der Waals surface area contributed by atoms with Crippen molar-refractivity contribution in [3.8, 4) is 10.6 Å². The third kappa shape index (κ3) is 3.24. The summed E-state index contributed by atoms with van der Waals surface area (Å²) in [6.07, 6.45) is 3.79. The maximum absolute atomic E-state index is 10.1. The van der Waals surface area contributed by atoms with Gasteiger partial charge in [0.05, 0.1) is 12.1 Å². The van der Waals surface area contributed by atoms with Crippen LogP contribution < -0.4 is 4.80 Å². The van der Waals surface area contributed by atoms with Gasteiger partial charge in [0.25, 0.3) is 0 Å². The molecule has 1 aromatic carbocycles. The summed E-state index contributed by atoms with van der Waals surface area (Å²) in [7, 11) is 1.92. The number of hydrogen-bond acceptors (Lipinski definition) is 4. The molecule has 1 aliphatic carbocycles. The summed E-state index contributed by atoms with van der Waals surface area (Å²) < 4.78 is 1.82. The van der Waals surface area contributed by atoms with Crippen molar-refractivity contribution < 1.29 is 5.11 Å². The average Bonchev–Trinajstić information content (AvgIpc) is 2.83. The Morgan fingerprint density at radius 1 is 1.24 bits per heavy atom. The van der Waals surface area contributed by atoms with Crippen molar-refractivity contribution in [1.29, 1.82) is 0 Å². The Bertz CT molecular complexity index is 672. The van der Waals surface area contributed by atoms with Gasteiger partial charge in [0, 0.05) is 12.6 Å². The van der Waals surface area contributed by atoms with Gasteiger partial charge in [0.15, 0.2) is 0 Å². The van der Waals surface area contributed by atoms with E-state index in [2.05, 4.69) is 36.3 Å². The van der Waals surface area contributed by atoms with E-state index in [0.717, 1.165) is 41.1 Å². The van der Waals surface area contributed by atoms with Crippen molar-refractivity contribution >= 4 is 11.3 Å². The lowest BCUT2D eigenvalue weighted by Gasteiger charge is -2.23. The molecular formula is C16H21N3OS. The van der Waals surface area contributed by atoms with Crippen LogP contribution in [0.15, 0.2) is 29.3 Å². The highest BCUT2D eigenvalue weighted by atomic mass is 32.1. The van der Waals surface area contributed by atoms with Gasteiger partial charge in [-0.25, -0.2) is 4.68 Å². The molecule has 2 aromatic rings. The van der Waals surface area contributed by atoms with Crippen LogP contribution in [-0.4, -0.2) is 27.0 Å². The zero-order valence-corrected chi connectivity index (χ0v) is 13.3. The molecule has 0 spiro atoms. The highest BCUT2D eigenvalue weighted by Gasteiger charge is 2.22. The van der Waals surface area contributed by atoms with Gasteiger partial charge < -0.3 is 5.11 Å². The summed E-state index contributed by atoms with van der Waals surface area (Å²) in [4.78, 5) is 5.62. The van der Waals surface area contributed by atoms with Crippen LogP contribution in [0.2, 0.25) is 0 Å². The van der Waals surface area contributed by atoms with Crippen molar-refractivity contribution in [1.82, 2.24) is 9.78 Å². The number of aliphatic hydroxyl groups excluding tert-OH is 1. The number of aliphatic hydroxyl groups is 1. The SMILES string of the molecule is Cc1ccc(-c2nn(C)c(=NC3CCCCC3O)s2)cc1. The van der Waals surface area contributed by atoms with Crippen LogP contribution >= 0.6 is 11.3 Å². The van der Waals surface area contributed by atoms with Gasteiger partial charge in [-0.2, -0.15) is 5.10 Å². The standard InChI is InChI=1S/C16H21N3OS/c1-11-7-9-12(10-8-11)15-18-19(2)16(21-15)17-13-5-3-4-6-14(13)20/h7-10,13-14,20H,3-6H2,1-2H3. The topological polar surface area (TPSA) is 50.4 Å². The summed E-state index contributed by atoms with van der Waals surface area (Å²) in [5.74, 6) is 0. The molecule has 2 unspecified atom stereocenters. The average molecular weight is 303 g/mol. The molecule has 0 radical (unpaired) electrons. The minimum Gasteiger partial charge on any atom is -0.391 e. The molecule has 1 N–H and O–H groups in total. The van der Waals surface area contributed by atoms with E-state index in [4.69, 9.17) is 4.99 Å². The molecule has 0 amide bonds. The van der Waals surface area contributed by atoms with Crippen molar-refractivity contribution in [2.24, 2.45) is 12.0 Å². The fourth-order valence-electron chi connectivity index (χ4n) is 2.66.